The van der Waals surface area contributed by atoms with Crippen LogP contribution >= 0.6 is 11.6 Å². The second-order valence-electron chi connectivity index (χ2n) is 5.60. The second kappa shape index (κ2) is 7.77. The molecule has 25 heavy (non-hydrogen) atoms. The van der Waals surface area contributed by atoms with E-state index in [1.54, 1.807) is 48.5 Å². The summed E-state index contributed by atoms with van der Waals surface area (Å²) in [6.45, 7) is 0. The normalized spacial score (nSPS) is 10.3. The highest BCUT2D eigenvalue weighted by Gasteiger charge is 2.14. The molecule has 124 valence electrons. The van der Waals surface area contributed by atoms with Gasteiger partial charge in [-0.05, 0) is 35.9 Å². The van der Waals surface area contributed by atoms with Crippen molar-refractivity contribution in [1.82, 2.24) is 0 Å². The van der Waals surface area contributed by atoms with Crippen molar-refractivity contribution in [2.75, 3.05) is 5.32 Å². The zero-order chi connectivity index (χ0) is 17.6. The predicted octanol–water partition coefficient (Wildman–Crippen LogP) is 5.02. The Bertz CT molecular complexity index is 907. The topological polar surface area (TPSA) is 46.2 Å². The van der Waals surface area contributed by atoms with Crippen LogP contribution in [-0.2, 0) is 6.42 Å². The van der Waals surface area contributed by atoms with Crippen LogP contribution in [0.4, 0.5) is 5.69 Å². The molecule has 1 N–H and O–H groups in total. The van der Waals surface area contributed by atoms with Gasteiger partial charge in [-0.15, -0.1) is 0 Å². The maximum atomic E-state index is 12.6. The van der Waals surface area contributed by atoms with Gasteiger partial charge in [0.2, 0.25) is 0 Å². The van der Waals surface area contributed by atoms with E-state index in [1.807, 2.05) is 30.3 Å². The smallest absolute Gasteiger partial charge is 0.255 e. The number of amides is 1. The summed E-state index contributed by atoms with van der Waals surface area (Å²) in [4.78, 5) is 25.1. The van der Waals surface area contributed by atoms with Gasteiger partial charge >= 0.3 is 0 Å². The molecule has 0 fully saturated rings. The number of hydrogen-bond donors (Lipinski definition) is 1. The van der Waals surface area contributed by atoms with Crippen molar-refractivity contribution in [3.8, 4) is 0 Å². The van der Waals surface area contributed by atoms with Crippen LogP contribution in [0, 0.1) is 0 Å². The van der Waals surface area contributed by atoms with E-state index < -0.39 is 0 Å². The molecule has 1 amide bonds. The van der Waals surface area contributed by atoms with Crippen LogP contribution in [0.3, 0.4) is 0 Å². The van der Waals surface area contributed by atoms with Crippen LogP contribution in [0.1, 0.15) is 26.3 Å². The zero-order valence-corrected chi connectivity index (χ0v) is 14.2. The Morgan fingerprint density at radius 2 is 1.56 bits per heavy atom. The molecule has 0 unspecified atom stereocenters. The first kappa shape index (κ1) is 16.9. The molecule has 4 heteroatoms. The fourth-order valence-corrected chi connectivity index (χ4v) is 2.73. The number of anilines is 1. The molecule has 0 aliphatic heterocycles. The van der Waals surface area contributed by atoms with E-state index in [0.717, 1.165) is 5.56 Å². The largest absolute Gasteiger partial charge is 0.321 e. The lowest BCUT2D eigenvalue weighted by molar-refractivity contribution is 0.0994. The third kappa shape index (κ3) is 4.34. The first-order valence-electron chi connectivity index (χ1n) is 7.86. The van der Waals surface area contributed by atoms with Gasteiger partial charge in [-0.3, -0.25) is 9.59 Å². The predicted molar refractivity (Wildman–Crippen MR) is 100 cm³/mol. The molecular weight excluding hydrogens is 334 g/mol. The molecule has 0 atom stereocenters. The molecule has 0 radical (unpaired) electrons. The number of rotatable bonds is 5. The van der Waals surface area contributed by atoms with E-state index in [4.69, 9.17) is 11.6 Å². The Balaban J connectivity index is 1.81. The minimum Gasteiger partial charge on any atom is -0.321 e. The first-order chi connectivity index (χ1) is 12.1. The maximum Gasteiger partial charge on any atom is 0.255 e. The molecule has 0 saturated carbocycles. The van der Waals surface area contributed by atoms with E-state index in [1.165, 1.54) is 0 Å². The lowest BCUT2D eigenvalue weighted by Gasteiger charge is -2.11. The highest BCUT2D eigenvalue weighted by atomic mass is 35.5. The Morgan fingerprint density at radius 3 is 2.32 bits per heavy atom. The summed E-state index contributed by atoms with van der Waals surface area (Å²) in [6, 6.07) is 23.2. The number of hydrogen-bond acceptors (Lipinski definition) is 2. The van der Waals surface area contributed by atoms with Crippen LogP contribution in [0.2, 0.25) is 5.02 Å². The second-order valence-corrected chi connectivity index (χ2v) is 6.03. The summed E-state index contributed by atoms with van der Waals surface area (Å²) in [5.41, 5.74) is 2.36. The van der Waals surface area contributed by atoms with E-state index >= 15 is 0 Å². The zero-order valence-electron chi connectivity index (χ0n) is 13.4. The van der Waals surface area contributed by atoms with Gasteiger partial charge in [0.05, 0.1) is 5.69 Å². The van der Waals surface area contributed by atoms with E-state index in [2.05, 4.69) is 5.32 Å². The van der Waals surface area contributed by atoms with Crippen LogP contribution in [0.5, 0.6) is 0 Å². The van der Waals surface area contributed by atoms with Crippen LogP contribution in [0.25, 0.3) is 0 Å². The Morgan fingerprint density at radius 1 is 0.840 bits per heavy atom. The molecule has 0 aromatic heterocycles. The Kier molecular flexibility index (Phi) is 5.26. The number of Topliss-reactive ketones (excluding diaryl/α,β-unsaturated/α-hetero) is 1. The number of carbonyl (C=O) groups is 2. The lowest BCUT2D eigenvalue weighted by atomic mass is 10.0. The average molecular weight is 350 g/mol. The summed E-state index contributed by atoms with van der Waals surface area (Å²) in [5.74, 6) is -0.351. The molecule has 3 nitrogen and oxygen atoms in total. The number of benzene rings is 3. The number of para-hydroxylation sites is 1. The summed E-state index contributed by atoms with van der Waals surface area (Å²) in [7, 11) is 0. The molecule has 0 heterocycles. The van der Waals surface area contributed by atoms with E-state index in [-0.39, 0.29) is 18.1 Å². The van der Waals surface area contributed by atoms with Crippen molar-refractivity contribution in [1.29, 1.82) is 0 Å². The van der Waals surface area contributed by atoms with E-state index in [9.17, 15) is 9.59 Å². The van der Waals surface area contributed by atoms with Gasteiger partial charge in [-0.1, -0.05) is 60.1 Å². The van der Waals surface area contributed by atoms with Gasteiger partial charge in [0.25, 0.3) is 5.91 Å². The Hall–Kier alpha value is -2.91. The van der Waals surface area contributed by atoms with Crippen molar-refractivity contribution in [2.45, 2.75) is 6.42 Å². The van der Waals surface area contributed by atoms with E-state index in [0.29, 0.717) is 21.8 Å². The van der Waals surface area contributed by atoms with Crippen molar-refractivity contribution >= 4 is 29.0 Å². The van der Waals surface area contributed by atoms with Gasteiger partial charge in [-0.25, -0.2) is 0 Å². The molecule has 0 bridgehead atoms. The summed E-state index contributed by atoms with van der Waals surface area (Å²) in [6.07, 6.45) is 0.283. The standard InChI is InChI=1S/C21H16ClNO2/c22-17-10-6-9-16(14-17)21(25)23-19-12-5-4-11-18(19)20(24)13-15-7-2-1-3-8-15/h1-12,14H,13H2,(H,23,25). The molecule has 3 aromatic rings. The van der Waals surface area contributed by atoms with Crippen LogP contribution in [0.15, 0.2) is 78.9 Å². The minimum absolute atomic E-state index is 0.0480. The number of ketones is 1. The highest BCUT2D eigenvalue weighted by Crippen LogP contribution is 2.19. The van der Waals surface area contributed by atoms with Gasteiger partial charge in [0.15, 0.2) is 5.78 Å². The molecule has 0 aliphatic rings. The number of halogens is 1. The van der Waals surface area contributed by atoms with Crippen LogP contribution < -0.4 is 5.32 Å². The SMILES string of the molecule is O=C(Nc1ccccc1C(=O)Cc1ccccc1)c1cccc(Cl)c1. The summed E-state index contributed by atoms with van der Waals surface area (Å²) < 4.78 is 0. The fraction of sp³-hybridized carbons (Fsp3) is 0.0476. The monoisotopic (exact) mass is 349 g/mol. The molecule has 0 spiro atoms. The average Bonchev–Trinajstić information content (AvgIpc) is 2.63. The molecular formula is C21H16ClNO2. The molecule has 0 saturated heterocycles. The Labute approximate surface area is 151 Å². The minimum atomic E-state index is -0.303. The molecule has 0 aliphatic carbocycles. The molecule has 3 aromatic carbocycles. The van der Waals surface area contributed by atoms with Crippen molar-refractivity contribution in [3.63, 3.8) is 0 Å². The van der Waals surface area contributed by atoms with Crippen molar-refractivity contribution in [2.24, 2.45) is 0 Å². The van der Waals surface area contributed by atoms with Gasteiger partial charge in [-0.2, -0.15) is 0 Å². The van der Waals surface area contributed by atoms with Crippen molar-refractivity contribution in [3.05, 3.63) is 101 Å². The lowest BCUT2D eigenvalue weighted by Crippen LogP contribution is -2.15. The number of nitrogens with one attached hydrogen (secondary N) is 1. The summed E-state index contributed by atoms with van der Waals surface area (Å²) >= 11 is 5.93. The molecule has 3 rings (SSSR count). The summed E-state index contributed by atoms with van der Waals surface area (Å²) in [5, 5.41) is 3.29. The quantitative estimate of drug-likeness (QED) is 0.657. The maximum absolute atomic E-state index is 12.6. The number of carbonyl (C=O) groups excluding carboxylic acids is 2. The van der Waals surface area contributed by atoms with Gasteiger partial charge in [0.1, 0.15) is 0 Å². The van der Waals surface area contributed by atoms with Gasteiger partial charge < -0.3 is 5.32 Å². The third-order valence-corrected chi connectivity index (χ3v) is 4.01. The van der Waals surface area contributed by atoms with Crippen LogP contribution in [-0.4, -0.2) is 11.7 Å². The van der Waals surface area contributed by atoms with Crippen molar-refractivity contribution < 1.29 is 9.59 Å². The fourth-order valence-electron chi connectivity index (χ4n) is 2.54. The first-order valence-corrected chi connectivity index (χ1v) is 8.24. The highest BCUT2D eigenvalue weighted by molar-refractivity contribution is 6.31. The third-order valence-electron chi connectivity index (χ3n) is 3.77. The van der Waals surface area contributed by atoms with Gasteiger partial charge in [0, 0.05) is 22.6 Å².